The first-order valence-corrected chi connectivity index (χ1v) is 6.80. The second kappa shape index (κ2) is 5.63. The zero-order valence-electron chi connectivity index (χ0n) is 11.1. The number of carbonyl (C=O) groups excluding carboxylic acids is 1. The highest BCUT2D eigenvalue weighted by Gasteiger charge is 2.11. The second-order valence-electron chi connectivity index (χ2n) is 4.64. The van der Waals surface area contributed by atoms with Gasteiger partial charge >= 0.3 is 0 Å². The van der Waals surface area contributed by atoms with E-state index < -0.39 is 5.82 Å². The number of aryl methyl sites for hydroxylation is 2. The molecule has 0 fully saturated rings. The molecule has 2 aromatic carbocycles. The number of halogens is 2. The SMILES string of the molecule is Cc1cc(C)c(NC(=O)c2cc(F)cc(Br)c2)cc1N. The van der Waals surface area contributed by atoms with Gasteiger partial charge in [-0.15, -0.1) is 0 Å². The van der Waals surface area contributed by atoms with E-state index >= 15 is 0 Å². The van der Waals surface area contributed by atoms with E-state index in [9.17, 15) is 9.18 Å². The van der Waals surface area contributed by atoms with E-state index in [1.807, 2.05) is 19.9 Å². The van der Waals surface area contributed by atoms with Crippen LogP contribution < -0.4 is 11.1 Å². The van der Waals surface area contributed by atoms with Crippen molar-refractivity contribution in [1.29, 1.82) is 0 Å². The average Bonchev–Trinajstić information content (AvgIpc) is 2.34. The van der Waals surface area contributed by atoms with Gasteiger partial charge in [-0.3, -0.25) is 4.79 Å². The molecule has 1 amide bonds. The Morgan fingerprint density at radius 3 is 2.50 bits per heavy atom. The molecule has 0 spiro atoms. The van der Waals surface area contributed by atoms with Crippen LogP contribution in [0.15, 0.2) is 34.8 Å². The molecule has 0 aromatic heterocycles. The van der Waals surface area contributed by atoms with Gasteiger partial charge in [0.25, 0.3) is 5.91 Å². The molecule has 0 bridgehead atoms. The van der Waals surface area contributed by atoms with Crippen LogP contribution in [0.5, 0.6) is 0 Å². The summed E-state index contributed by atoms with van der Waals surface area (Å²) in [4.78, 5) is 12.1. The fraction of sp³-hybridized carbons (Fsp3) is 0.133. The minimum absolute atomic E-state index is 0.246. The van der Waals surface area contributed by atoms with Crippen LogP contribution in [0.3, 0.4) is 0 Å². The van der Waals surface area contributed by atoms with Crippen LogP contribution in [-0.4, -0.2) is 5.91 Å². The minimum Gasteiger partial charge on any atom is -0.398 e. The first kappa shape index (κ1) is 14.5. The summed E-state index contributed by atoms with van der Waals surface area (Å²) in [6.07, 6.45) is 0. The van der Waals surface area contributed by atoms with E-state index in [0.717, 1.165) is 11.1 Å². The van der Waals surface area contributed by atoms with Gasteiger partial charge in [-0.25, -0.2) is 4.39 Å². The third kappa shape index (κ3) is 3.17. The lowest BCUT2D eigenvalue weighted by Gasteiger charge is -2.11. The Morgan fingerprint density at radius 1 is 1.15 bits per heavy atom. The van der Waals surface area contributed by atoms with Crippen LogP contribution >= 0.6 is 15.9 Å². The molecule has 0 aliphatic heterocycles. The highest BCUT2D eigenvalue weighted by atomic mass is 79.9. The summed E-state index contributed by atoms with van der Waals surface area (Å²) in [6, 6.07) is 7.65. The number of hydrogen-bond acceptors (Lipinski definition) is 2. The maximum Gasteiger partial charge on any atom is 0.255 e. The van der Waals surface area contributed by atoms with Gasteiger partial charge in [0.1, 0.15) is 5.82 Å². The normalized spacial score (nSPS) is 10.4. The van der Waals surface area contributed by atoms with Crippen molar-refractivity contribution in [2.75, 3.05) is 11.1 Å². The van der Waals surface area contributed by atoms with Gasteiger partial charge in [-0.05, 0) is 49.2 Å². The van der Waals surface area contributed by atoms with Gasteiger partial charge in [-0.1, -0.05) is 22.0 Å². The molecule has 0 saturated heterocycles. The smallest absolute Gasteiger partial charge is 0.255 e. The molecule has 0 aliphatic carbocycles. The molecule has 2 aromatic rings. The molecule has 5 heteroatoms. The topological polar surface area (TPSA) is 55.1 Å². The Bertz CT molecular complexity index is 666. The predicted octanol–water partition coefficient (Wildman–Crippen LogP) is 4.04. The number of benzene rings is 2. The molecule has 3 N–H and O–H groups in total. The Morgan fingerprint density at radius 2 is 1.85 bits per heavy atom. The van der Waals surface area contributed by atoms with Gasteiger partial charge in [0, 0.05) is 21.4 Å². The number of nitrogens with two attached hydrogens (primary N) is 1. The quantitative estimate of drug-likeness (QED) is 0.813. The largest absolute Gasteiger partial charge is 0.398 e. The number of hydrogen-bond donors (Lipinski definition) is 2. The third-order valence-corrected chi connectivity index (χ3v) is 3.44. The molecule has 0 unspecified atom stereocenters. The summed E-state index contributed by atoms with van der Waals surface area (Å²) in [5.74, 6) is -0.846. The summed E-state index contributed by atoms with van der Waals surface area (Å²) in [7, 11) is 0. The standard InChI is InChI=1S/C15H14BrFN2O/c1-8-3-9(2)14(7-13(8)18)19-15(20)10-4-11(16)6-12(17)5-10/h3-7H,18H2,1-2H3,(H,19,20). The Hall–Kier alpha value is -1.88. The fourth-order valence-electron chi connectivity index (χ4n) is 1.88. The Balaban J connectivity index is 2.30. The Labute approximate surface area is 125 Å². The summed E-state index contributed by atoms with van der Waals surface area (Å²) < 4.78 is 13.8. The van der Waals surface area contributed by atoms with Gasteiger partial charge in [0.05, 0.1) is 0 Å². The van der Waals surface area contributed by atoms with Crippen molar-refractivity contribution in [3.63, 3.8) is 0 Å². The number of anilines is 2. The van der Waals surface area contributed by atoms with Crippen molar-refractivity contribution < 1.29 is 9.18 Å². The lowest BCUT2D eigenvalue weighted by molar-refractivity contribution is 0.102. The fourth-order valence-corrected chi connectivity index (χ4v) is 2.35. The maximum atomic E-state index is 13.3. The van der Waals surface area contributed by atoms with Crippen molar-refractivity contribution in [1.82, 2.24) is 0 Å². The molecule has 104 valence electrons. The monoisotopic (exact) mass is 336 g/mol. The first-order chi connectivity index (χ1) is 9.36. The molecule has 20 heavy (non-hydrogen) atoms. The summed E-state index contributed by atoms with van der Waals surface area (Å²) in [5.41, 5.74) is 9.16. The molecule has 2 rings (SSSR count). The number of nitrogen functional groups attached to an aromatic ring is 1. The molecule has 0 saturated carbocycles. The summed E-state index contributed by atoms with van der Waals surface area (Å²) in [6.45, 7) is 3.78. The number of rotatable bonds is 2. The number of amides is 1. The van der Waals surface area contributed by atoms with Crippen LogP contribution in [0.1, 0.15) is 21.5 Å². The number of carbonyl (C=O) groups is 1. The van der Waals surface area contributed by atoms with E-state index in [1.54, 1.807) is 12.1 Å². The average molecular weight is 337 g/mol. The van der Waals surface area contributed by atoms with E-state index in [4.69, 9.17) is 5.73 Å². The van der Waals surface area contributed by atoms with Gasteiger partial charge in [-0.2, -0.15) is 0 Å². The van der Waals surface area contributed by atoms with Crippen molar-refractivity contribution in [2.24, 2.45) is 0 Å². The van der Waals surface area contributed by atoms with Crippen LogP contribution in [0, 0.1) is 19.7 Å². The van der Waals surface area contributed by atoms with Gasteiger partial charge < -0.3 is 11.1 Å². The van der Waals surface area contributed by atoms with Crippen LogP contribution in [0.25, 0.3) is 0 Å². The van der Waals surface area contributed by atoms with Crippen LogP contribution in [0.4, 0.5) is 15.8 Å². The van der Waals surface area contributed by atoms with E-state index in [2.05, 4.69) is 21.2 Å². The predicted molar refractivity (Wildman–Crippen MR) is 82.4 cm³/mol. The molecule has 0 atom stereocenters. The lowest BCUT2D eigenvalue weighted by Crippen LogP contribution is -2.13. The van der Waals surface area contributed by atoms with Gasteiger partial charge in [0.15, 0.2) is 0 Å². The highest BCUT2D eigenvalue weighted by molar-refractivity contribution is 9.10. The van der Waals surface area contributed by atoms with E-state index in [1.165, 1.54) is 12.1 Å². The summed E-state index contributed by atoms with van der Waals surface area (Å²) in [5, 5.41) is 2.74. The van der Waals surface area contributed by atoms with Crippen molar-refractivity contribution in [2.45, 2.75) is 13.8 Å². The van der Waals surface area contributed by atoms with Crippen LogP contribution in [-0.2, 0) is 0 Å². The van der Waals surface area contributed by atoms with E-state index in [-0.39, 0.29) is 11.5 Å². The molecular weight excluding hydrogens is 323 g/mol. The lowest BCUT2D eigenvalue weighted by atomic mass is 10.1. The zero-order chi connectivity index (χ0) is 14.9. The molecule has 3 nitrogen and oxygen atoms in total. The van der Waals surface area contributed by atoms with Gasteiger partial charge in [0.2, 0.25) is 0 Å². The molecule has 0 radical (unpaired) electrons. The summed E-state index contributed by atoms with van der Waals surface area (Å²) >= 11 is 3.16. The van der Waals surface area contributed by atoms with Crippen molar-refractivity contribution in [3.05, 3.63) is 57.3 Å². The van der Waals surface area contributed by atoms with Crippen LogP contribution in [0.2, 0.25) is 0 Å². The zero-order valence-corrected chi connectivity index (χ0v) is 12.7. The third-order valence-electron chi connectivity index (χ3n) is 2.99. The molecule has 0 aliphatic rings. The van der Waals surface area contributed by atoms with Crippen molar-refractivity contribution >= 4 is 33.2 Å². The first-order valence-electron chi connectivity index (χ1n) is 6.01. The second-order valence-corrected chi connectivity index (χ2v) is 5.55. The minimum atomic E-state index is -0.468. The van der Waals surface area contributed by atoms with E-state index in [0.29, 0.717) is 15.8 Å². The molecular formula is C15H14BrFN2O. The van der Waals surface area contributed by atoms with Crippen molar-refractivity contribution in [3.8, 4) is 0 Å². The molecule has 0 heterocycles. The number of nitrogens with one attached hydrogen (secondary N) is 1. The Kier molecular flexibility index (Phi) is 4.09. The highest BCUT2D eigenvalue weighted by Crippen LogP contribution is 2.23. The maximum absolute atomic E-state index is 13.3.